The maximum absolute atomic E-state index is 16.8. The first kappa shape index (κ1) is 81.3. The van der Waals surface area contributed by atoms with E-state index in [0.717, 1.165) is 5.56 Å². The molecule has 3 saturated heterocycles. The van der Waals surface area contributed by atoms with Gasteiger partial charge in [0.1, 0.15) is 86.1 Å². The topological polar surface area (TPSA) is 485 Å². The van der Waals surface area contributed by atoms with Crippen LogP contribution in [0.5, 0.6) is 5.75 Å². The molecule has 109 heavy (non-hydrogen) atoms. The number of alkyl carbamates (subject to hydrolysis) is 1. The molecule has 6 aromatic rings. The van der Waals surface area contributed by atoms with Crippen molar-refractivity contribution in [3.05, 3.63) is 251 Å². The molecule has 0 bridgehead atoms. The van der Waals surface area contributed by atoms with Crippen molar-refractivity contribution in [1.82, 2.24) is 15.5 Å². The minimum Gasteiger partial charge on any atom is -0.497 e. The number of hydrogen-bond acceptors (Lipinski definition) is 24. The monoisotopic (exact) mass is 1510 g/mol. The van der Waals surface area contributed by atoms with Crippen LogP contribution in [-0.2, 0) is 96.5 Å². The lowest BCUT2D eigenvalue weighted by Crippen LogP contribution is -2.75. The second-order valence-corrected chi connectivity index (χ2v) is 25.9. The fraction of sp³-hybridized carbons (Fsp3) is 0.466. The van der Waals surface area contributed by atoms with E-state index in [9.17, 15) is 51.7 Å². The second-order valence-electron chi connectivity index (χ2n) is 25.9. The number of benzene rings is 6. The Labute approximate surface area is 624 Å². The van der Waals surface area contributed by atoms with Crippen LogP contribution in [0.25, 0.3) is 41.8 Å². The quantitative estimate of drug-likeness (QED) is 0.0112. The molecule has 0 unspecified atom stereocenters. The highest BCUT2D eigenvalue weighted by molar-refractivity contribution is 5.82. The van der Waals surface area contributed by atoms with Crippen molar-refractivity contribution in [3.8, 4) is 5.75 Å². The molecule has 3 aliphatic heterocycles. The number of hydrogen-bond donors (Lipinski definition) is 7. The fourth-order valence-corrected chi connectivity index (χ4v) is 13.1. The van der Waals surface area contributed by atoms with Gasteiger partial charge in [-0.15, -0.1) is 0 Å². The summed E-state index contributed by atoms with van der Waals surface area (Å²) in [6.07, 6.45) is -34.3. The highest BCUT2D eigenvalue weighted by atomic mass is 19.1. The van der Waals surface area contributed by atoms with Crippen LogP contribution in [0.1, 0.15) is 46.7 Å². The Kier molecular flexibility index (Phi) is 30.4. The Morgan fingerprint density at radius 3 is 1.68 bits per heavy atom. The first-order chi connectivity index (χ1) is 53.0. The smallest absolute Gasteiger partial charge is 0.410 e. The predicted molar refractivity (Wildman–Crippen MR) is 380 cm³/mol. The van der Waals surface area contributed by atoms with Crippen LogP contribution < -0.4 is 15.4 Å². The zero-order valence-corrected chi connectivity index (χ0v) is 59.1. The molecule has 6 aromatic carbocycles. The average Bonchev–Trinajstić information content (AvgIpc) is 1.69. The van der Waals surface area contributed by atoms with Crippen molar-refractivity contribution in [2.24, 2.45) is 20.5 Å². The molecule has 36 heteroatoms. The summed E-state index contributed by atoms with van der Waals surface area (Å²) in [5.74, 6) is -0.838. The van der Waals surface area contributed by atoms with Crippen molar-refractivity contribution < 1.29 is 101 Å². The molecule has 4 aliphatic rings. The average molecular weight is 1510 g/mol. The molecule has 578 valence electrons. The molecule has 0 radical (unpaired) electrons. The van der Waals surface area contributed by atoms with Gasteiger partial charge in [0.05, 0.1) is 89.1 Å². The molecule has 10 rings (SSSR count). The normalized spacial score (nSPS) is 27.9. The molecule has 22 atom stereocenters. The lowest BCUT2D eigenvalue weighted by Gasteiger charge is -2.51. The number of nitrogens with one attached hydrogen (secondary N) is 2. The second kappa shape index (κ2) is 40.8. The molecule has 7 N–H and O–H groups in total. The van der Waals surface area contributed by atoms with Gasteiger partial charge >= 0.3 is 12.2 Å². The Morgan fingerprint density at radius 1 is 0.560 bits per heavy atom. The molecular formula is C73H84FN15O20. The number of aliphatic hydroxyl groups excluding tert-OH is 5. The number of halogens is 1. The van der Waals surface area contributed by atoms with E-state index >= 15 is 9.18 Å². The summed E-state index contributed by atoms with van der Waals surface area (Å²) in [6.45, 7) is -2.27. The van der Waals surface area contributed by atoms with Crippen molar-refractivity contribution >= 4 is 18.1 Å². The molecule has 35 nitrogen and oxygen atoms in total. The van der Waals surface area contributed by atoms with Gasteiger partial charge in [-0.3, -0.25) is 9.69 Å². The third kappa shape index (κ3) is 21.8. The number of methoxy groups -OCH3 is 1. The van der Waals surface area contributed by atoms with Crippen LogP contribution >= 0.6 is 0 Å². The minimum atomic E-state index is -2.39. The zero-order chi connectivity index (χ0) is 77.2. The van der Waals surface area contributed by atoms with Crippen molar-refractivity contribution in [2.75, 3.05) is 26.8 Å². The number of rotatable bonds is 35. The lowest BCUT2D eigenvalue weighted by molar-refractivity contribution is -0.312. The summed E-state index contributed by atoms with van der Waals surface area (Å²) < 4.78 is 93.0. The Balaban J connectivity index is 1.11. The standard InChI is InChI=1S/C73H84FN15O20/c1-42(89(35-43-18-8-3-9-19-43)73(97)103-41-47-26-16-7-17-27-47)62-52(99-37-44-20-10-4-11-21-44)32-51(83-87-77)69(106-62)108-66-57(82-72(96)102-40-46-24-14-6-15-25-46)65(101-38-45-22-12-5-13-23-45)55(81-68(95)63(50(74)33-79-85-75)100-39-48-28-30-49(98-2)31-29-48)60(93)67(66)109-71-61(94)64(54(36-90)105-71)107-70-56(84-88-78)59(92)58(91)53(104-70)34-80-86-76/h3-31,42,50-67,69-71,90-94H,32-41H2,1-2H3,(H,81,95)(H,82,96)/t42-,50+,51+,52-,53-,54+,55-,56+,57-,58+,59+,60-,61+,62+,63-,64+,65+,66+,67+,69+,70+,71-/m0/s1. The molecule has 3 heterocycles. The Morgan fingerprint density at radius 2 is 1.10 bits per heavy atom. The third-order valence-corrected chi connectivity index (χ3v) is 18.8. The van der Waals surface area contributed by atoms with Gasteiger partial charge in [-0.1, -0.05) is 184 Å². The van der Waals surface area contributed by atoms with Gasteiger partial charge in [0.25, 0.3) is 5.91 Å². The first-order valence-electron chi connectivity index (χ1n) is 34.9. The number of carbonyl (C=O) groups is 3. The van der Waals surface area contributed by atoms with Gasteiger partial charge in [-0.25, -0.2) is 14.0 Å². The van der Waals surface area contributed by atoms with E-state index in [0.29, 0.717) is 33.6 Å². The predicted octanol–water partition coefficient (Wildman–Crippen LogP) is 8.24. The minimum absolute atomic E-state index is 0.0393. The van der Waals surface area contributed by atoms with E-state index in [-0.39, 0.29) is 39.4 Å². The van der Waals surface area contributed by atoms with Crippen LogP contribution in [0.4, 0.5) is 14.0 Å². The Hall–Kier alpha value is -10.3. The number of aliphatic hydroxyl groups is 5. The maximum atomic E-state index is 16.8. The molecule has 4 fully saturated rings. The number of amides is 3. The van der Waals surface area contributed by atoms with Gasteiger partial charge in [0, 0.05) is 26.2 Å². The largest absolute Gasteiger partial charge is 0.497 e. The van der Waals surface area contributed by atoms with Crippen LogP contribution in [-0.4, -0.2) is 210 Å². The van der Waals surface area contributed by atoms with E-state index in [2.05, 4.69) is 50.7 Å². The van der Waals surface area contributed by atoms with Gasteiger partial charge in [0.2, 0.25) is 0 Å². The molecule has 0 spiro atoms. The van der Waals surface area contributed by atoms with E-state index in [1.807, 2.05) is 24.3 Å². The number of carbonyl (C=O) groups excluding carboxylic acids is 3. The number of ether oxygens (including phenoxy) is 12. The van der Waals surface area contributed by atoms with Crippen LogP contribution in [0.3, 0.4) is 0 Å². The lowest BCUT2D eigenvalue weighted by atomic mass is 9.80. The van der Waals surface area contributed by atoms with Crippen molar-refractivity contribution in [1.29, 1.82) is 0 Å². The van der Waals surface area contributed by atoms with Crippen LogP contribution in [0.2, 0.25) is 0 Å². The molecule has 3 amide bonds. The van der Waals surface area contributed by atoms with Crippen molar-refractivity contribution in [2.45, 2.75) is 188 Å². The summed E-state index contributed by atoms with van der Waals surface area (Å²) in [5, 5.41) is 79.6. The van der Waals surface area contributed by atoms with E-state index in [4.69, 9.17) is 62.4 Å². The van der Waals surface area contributed by atoms with Crippen LogP contribution in [0, 0.1) is 0 Å². The molecule has 1 aliphatic carbocycles. The highest BCUT2D eigenvalue weighted by Gasteiger charge is 2.59. The van der Waals surface area contributed by atoms with E-state index < -0.39 is 179 Å². The summed E-state index contributed by atoms with van der Waals surface area (Å²) in [6, 6.07) is 42.2. The fourth-order valence-electron chi connectivity index (χ4n) is 13.1. The maximum Gasteiger partial charge on any atom is 0.410 e. The summed E-state index contributed by atoms with van der Waals surface area (Å²) >= 11 is 0. The van der Waals surface area contributed by atoms with Crippen LogP contribution in [0.15, 0.2) is 196 Å². The van der Waals surface area contributed by atoms with Gasteiger partial charge in [-0.2, -0.15) is 0 Å². The highest BCUT2D eigenvalue weighted by Crippen LogP contribution is 2.40. The SMILES string of the molecule is COc1ccc(CO[C@H](C(=O)N[C@H]2[C@H](O)[C@@H](O[C@@H]3O[C@H](CO)[C@@H](O[C@H]4O[C@@H](CN=[N+]=[N-])[C@@H](O)[C@H](O)[C@H]4N=[N+]=[N-])[C@H]3O)[C@H](O[C@H]3O[C@H]([C@H](C)N(Cc4ccccc4)C(=O)OCc4ccccc4)[C@@H](OCc4ccccc4)C[C@H]3N=[N+]=[N-])[C@@H](NC(=O)OCc3ccccc3)[C@@H]2OCc2ccccc2)[C@H](F)CN=[N+]=[N-])cc1. The van der Waals surface area contributed by atoms with Gasteiger partial charge < -0.3 is 93.0 Å². The number of azide groups is 4. The van der Waals surface area contributed by atoms with E-state index in [1.165, 1.54) is 12.0 Å². The summed E-state index contributed by atoms with van der Waals surface area (Å²) in [7, 11) is 1.45. The van der Waals surface area contributed by atoms with Crippen molar-refractivity contribution in [3.63, 3.8) is 0 Å². The van der Waals surface area contributed by atoms with Gasteiger partial charge in [-0.05, 0) is 81.0 Å². The molecule has 1 saturated carbocycles. The van der Waals surface area contributed by atoms with E-state index in [1.54, 1.807) is 159 Å². The third-order valence-electron chi connectivity index (χ3n) is 18.8. The van der Waals surface area contributed by atoms with Gasteiger partial charge in [0.15, 0.2) is 25.0 Å². The first-order valence-corrected chi connectivity index (χ1v) is 34.9. The molecular weight excluding hydrogens is 1430 g/mol. The number of nitrogens with zero attached hydrogens (tertiary/aromatic N) is 13. The summed E-state index contributed by atoms with van der Waals surface area (Å²) in [5.41, 5.74) is 42.2. The molecule has 0 aromatic heterocycles. The Bertz CT molecular complexity index is 4050. The number of alkyl halides is 1. The zero-order valence-electron chi connectivity index (χ0n) is 59.1. The summed E-state index contributed by atoms with van der Waals surface area (Å²) in [4.78, 5) is 57.9.